The van der Waals surface area contributed by atoms with Gasteiger partial charge in [0.2, 0.25) is 5.91 Å². The lowest BCUT2D eigenvalue weighted by atomic mass is 10.1. The van der Waals surface area contributed by atoms with Gasteiger partial charge >= 0.3 is 0 Å². The number of para-hydroxylation sites is 1. The Hall–Kier alpha value is -2.96. The Morgan fingerprint density at radius 2 is 2.09 bits per heavy atom. The Kier molecular flexibility index (Phi) is 3.92. The van der Waals surface area contributed by atoms with E-state index in [2.05, 4.69) is 20.6 Å². The van der Waals surface area contributed by atoms with Gasteiger partial charge in [0.15, 0.2) is 0 Å². The highest BCUT2D eigenvalue weighted by Gasteiger charge is 2.10. The SMILES string of the molecule is Cc1cc(C)c(CNC(=O)Cn2nnc3ccccc32)c(=O)[nH]1. The van der Waals surface area contributed by atoms with Gasteiger partial charge in [0.1, 0.15) is 12.1 Å². The number of pyridine rings is 1. The standard InChI is InChI=1S/C16H17N5O2/c1-10-7-11(2)18-16(23)12(10)8-17-15(22)9-21-14-6-4-3-5-13(14)19-20-21/h3-7H,8-9H2,1-2H3,(H,17,22)(H,18,23). The molecular formula is C16H17N5O2. The second-order valence-corrected chi connectivity index (χ2v) is 5.46. The van der Waals surface area contributed by atoms with Gasteiger partial charge in [-0.15, -0.1) is 5.10 Å². The van der Waals surface area contributed by atoms with Crippen LogP contribution >= 0.6 is 0 Å². The molecule has 2 aromatic heterocycles. The van der Waals surface area contributed by atoms with Crippen LogP contribution in [0.5, 0.6) is 0 Å². The number of carbonyl (C=O) groups excluding carboxylic acids is 1. The lowest BCUT2D eigenvalue weighted by Crippen LogP contribution is -2.30. The smallest absolute Gasteiger partial charge is 0.253 e. The van der Waals surface area contributed by atoms with Crippen LogP contribution < -0.4 is 10.9 Å². The van der Waals surface area contributed by atoms with Crippen LogP contribution in [0.3, 0.4) is 0 Å². The molecule has 118 valence electrons. The summed E-state index contributed by atoms with van der Waals surface area (Å²) in [4.78, 5) is 26.8. The van der Waals surface area contributed by atoms with E-state index in [1.807, 2.05) is 44.2 Å². The van der Waals surface area contributed by atoms with Crippen molar-refractivity contribution in [2.24, 2.45) is 0 Å². The summed E-state index contributed by atoms with van der Waals surface area (Å²) >= 11 is 0. The van der Waals surface area contributed by atoms with Gasteiger partial charge in [-0.05, 0) is 37.6 Å². The van der Waals surface area contributed by atoms with Gasteiger partial charge < -0.3 is 10.3 Å². The Labute approximate surface area is 132 Å². The zero-order chi connectivity index (χ0) is 16.4. The number of hydrogen-bond donors (Lipinski definition) is 2. The molecule has 3 aromatic rings. The summed E-state index contributed by atoms with van der Waals surface area (Å²) in [6.07, 6.45) is 0. The van der Waals surface area contributed by atoms with Crippen molar-refractivity contribution >= 4 is 16.9 Å². The molecule has 0 aliphatic carbocycles. The predicted octanol–water partition coefficient (Wildman–Crippen LogP) is 1.05. The van der Waals surface area contributed by atoms with Crippen molar-refractivity contribution in [1.29, 1.82) is 0 Å². The number of aryl methyl sites for hydroxylation is 2. The molecule has 0 saturated heterocycles. The van der Waals surface area contributed by atoms with E-state index >= 15 is 0 Å². The van der Waals surface area contributed by atoms with Crippen molar-refractivity contribution in [3.63, 3.8) is 0 Å². The minimum absolute atomic E-state index is 0.0589. The topological polar surface area (TPSA) is 92.7 Å². The first-order valence-corrected chi connectivity index (χ1v) is 7.29. The average Bonchev–Trinajstić information content (AvgIpc) is 2.89. The van der Waals surface area contributed by atoms with Gasteiger partial charge in [0.25, 0.3) is 5.56 Å². The summed E-state index contributed by atoms with van der Waals surface area (Å²) in [5, 5.41) is 10.7. The van der Waals surface area contributed by atoms with E-state index < -0.39 is 0 Å². The first-order valence-electron chi connectivity index (χ1n) is 7.29. The quantitative estimate of drug-likeness (QED) is 0.753. The highest BCUT2D eigenvalue weighted by molar-refractivity contribution is 5.79. The summed E-state index contributed by atoms with van der Waals surface area (Å²) in [6, 6.07) is 9.32. The molecule has 0 saturated carbocycles. The zero-order valence-corrected chi connectivity index (χ0v) is 13.0. The van der Waals surface area contributed by atoms with E-state index in [-0.39, 0.29) is 24.6 Å². The summed E-state index contributed by atoms with van der Waals surface area (Å²) in [7, 11) is 0. The second kappa shape index (κ2) is 6.04. The Balaban J connectivity index is 1.70. The summed E-state index contributed by atoms with van der Waals surface area (Å²) in [5.74, 6) is -0.222. The fourth-order valence-corrected chi connectivity index (χ4v) is 2.51. The zero-order valence-electron chi connectivity index (χ0n) is 13.0. The van der Waals surface area contributed by atoms with Gasteiger partial charge in [0.05, 0.1) is 5.52 Å². The molecule has 7 nitrogen and oxygen atoms in total. The highest BCUT2D eigenvalue weighted by Crippen LogP contribution is 2.09. The molecule has 2 heterocycles. The Bertz CT molecular complexity index is 926. The molecule has 23 heavy (non-hydrogen) atoms. The molecule has 7 heteroatoms. The minimum Gasteiger partial charge on any atom is -0.350 e. The maximum Gasteiger partial charge on any atom is 0.253 e. The van der Waals surface area contributed by atoms with Crippen molar-refractivity contribution in [3.05, 3.63) is 57.5 Å². The largest absolute Gasteiger partial charge is 0.350 e. The van der Waals surface area contributed by atoms with E-state index in [1.54, 1.807) is 0 Å². The number of nitrogens with zero attached hydrogens (tertiary/aromatic N) is 3. The van der Waals surface area contributed by atoms with E-state index in [0.29, 0.717) is 5.56 Å². The van der Waals surface area contributed by atoms with Crippen LogP contribution in [0.2, 0.25) is 0 Å². The third-order valence-corrected chi connectivity index (χ3v) is 3.67. The molecule has 1 amide bonds. The van der Waals surface area contributed by atoms with Crippen LogP contribution in [-0.4, -0.2) is 25.9 Å². The fraction of sp³-hybridized carbons (Fsp3) is 0.250. The number of fused-ring (bicyclic) bond motifs is 1. The minimum atomic E-state index is -0.222. The monoisotopic (exact) mass is 311 g/mol. The number of rotatable bonds is 4. The average molecular weight is 311 g/mol. The fourth-order valence-electron chi connectivity index (χ4n) is 2.51. The maximum atomic E-state index is 12.1. The number of benzene rings is 1. The molecule has 0 fully saturated rings. The molecule has 0 radical (unpaired) electrons. The van der Waals surface area contributed by atoms with Crippen molar-refractivity contribution in [3.8, 4) is 0 Å². The van der Waals surface area contributed by atoms with Gasteiger partial charge in [-0.25, -0.2) is 4.68 Å². The molecular weight excluding hydrogens is 294 g/mol. The normalized spacial score (nSPS) is 10.9. The van der Waals surface area contributed by atoms with Crippen LogP contribution in [0, 0.1) is 13.8 Å². The lowest BCUT2D eigenvalue weighted by molar-refractivity contribution is -0.121. The van der Waals surface area contributed by atoms with Crippen LogP contribution in [0.25, 0.3) is 11.0 Å². The molecule has 0 spiro atoms. The number of carbonyl (C=O) groups is 1. The molecule has 2 N–H and O–H groups in total. The number of nitrogens with one attached hydrogen (secondary N) is 2. The Morgan fingerprint density at radius 3 is 2.87 bits per heavy atom. The van der Waals surface area contributed by atoms with Gasteiger partial charge in [-0.3, -0.25) is 9.59 Å². The summed E-state index contributed by atoms with van der Waals surface area (Å²) < 4.78 is 1.54. The van der Waals surface area contributed by atoms with Crippen molar-refractivity contribution in [1.82, 2.24) is 25.3 Å². The first kappa shape index (κ1) is 15.0. The number of aromatic amines is 1. The summed E-state index contributed by atoms with van der Waals surface area (Å²) in [5.41, 5.74) is 3.59. The molecule has 0 bridgehead atoms. The number of amides is 1. The number of H-pyrrole nitrogens is 1. The van der Waals surface area contributed by atoms with Gasteiger partial charge in [-0.1, -0.05) is 17.3 Å². The van der Waals surface area contributed by atoms with Crippen molar-refractivity contribution in [2.45, 2.75) is 26.9 Å². The molecule has 1 aromatic carbocycles. The molecule has 0 atom stereocenters. The third-order valence-electron chi connectivity index (χ3n) is 3.67. The highest BCUT2D eigenvalue weighted by atomic mass is 16.2. The second-order valence-electron chi connectivity index (χ2n) is 5.46. The van der Waals surface area contributed by atoms with E-state index in [0.717, 1.165) is 22.3 Å². The Morgan fingerprint density at radius 1 is 1.30 bits per heavy atom. The molecule has 0 aliphatic heterocycles. The van der Waals surface area contributed by atoms with Gasteiger partial charge in [0, 0.05) is 17.8 Å². The first-order chi connectivity index (χ1) is 11.0. The van der Waals surface area contributed by atoms with Crippen LogP contribution in [0.4, 0.5) is 0 Å². The van der Waals surface area contributed by atoms with Gasteiger partial charge in [-0.2, -0.15) is 0 Å². The third kappa shape index (κ3) is 3.13. The molecule has 0 aliphatic rings. The molecule has 0 unspecified atom stereocenters. The van der Waals surface area contributed by atoms with E-state index in [9.17, 15) is 9.59 Å². The van der Waals surface area contributed by atoms with E-state index in [4.69, 9.17) is 0 Å². The van der Waals surface area contributed by atoms with Crippen LogP contribution in [0.15, 0.2) is 35.1 Å². The number of hydrogen-bond acceptors (Lipinski definition) is 4. The van der Waals surface area contributed by atoms with Crippen LogP contribution in [0.1, 0.15) is 16.8 Å². The maximum absolute atomic E-state index is 12.1. The van der Waals surface area contributed by atoms with Crippen LogP contribution in [-0.2, 0) is 17.9 Å². The van der Waals surface area contributed by atoms with Crippen molar-refractivity contribution in [2.75, 3.05) is 0 Å². The number of aromatic nitrogens is 4. The molecule has 3 rings (SSSR count). The predicted molar refractivity (Wildman–Crippen MR) is 85.9 cm³/mol. The van der Waals surface area contributed by atoms with Crippen molar-refractivity contribution < 1.29 is 4.79 Å². The summed E-state index contributed by atoms with van der Waals surface area (Å²) in [6.45, 7) is 3.93. The lowest BCUT2D eigenvalue weighted by Gasteiger charge is -2.08. The van der Waals surface area contributed by atoms with E-state index in [1.165, 1.54) is 4.68 Å².